The number of carbonyl (C=O) groups is 1. The van der Waals surface area contributed by atoms with Crippen molar-refractivity contribution in [3.05, 3.63) is 38.8 Å². The van der Waals surface area contributed by atoms with Gasteiger partial charge in [-0.25, -0.2) is 4.98 Å². The number of anilines is 2. The van der Waals surface area contributed by atoms with Crippen LogP contribution in [0.1, 0.15) is 31.5 Å². The standard InChI is InChI=1S/C14H17N3OS/c1-7-5-6-11(15)12(8(7)2)17-14(18)13-9(3)16-10(4)19-13/h5-6H,15H2,1-4H3,(H,17,18). The first kappa shape index (κ1) is 13.5. The van der Waals surface area contributed by atoms with Crippen LogP contribution in [-0.4, -0.2) is 10.9 Å². The van der Waals surface area contributed by atoms with Crippen LogP contribution in [0.5, 0.6) is 0 Å². The summed E-state index contributed by atoms with van der Waals surface area (Å²) in [4.78, 5) is 17.2. The number of nitrogens with one attached hydrogen (secondary N) is 1. The van der Waals surface area contributed by atoms with Crippen LogP contribution in [0, 0.1) is 27.7 Å². The molecule has 0 radical (unpaired) electrons. The molecule has 1 heterocycles. The van der Waals surface area contributed by atoms with Crippen LogP contribution in [0.4, 0.5) is 11.4 Å². The molecule has 2 rings (SSSR count). The van der Waals surface area contributed by atoms with E-state index in [0.717, 1.165) is 21.8 Å². The van der Waals surface area contributed by atoms with E-state index in [1.165, 1.54) is 11.3 Å². The second-order valence-corrected chi connectivity index (χ2v) is 5.78. The normalized spacial score (nSPS) is 10.5. The van der Waals surface area contributed by atoms with Gasteiger partial charge in [0.25, 0.3) is 5.91 Å². The first-order valence-electron chi connectivity index (χ1n) is 6.01. The van der Waals surface area contributed by atoms with Gasteiger partial charge >= 0.3 is 0 Å². The van der Waals surface area contributed by atoms with Gasteiger partial charge in [-0.2, -0.15) is 0 Å². The Hall–Kier alpha value is -1.88. The third-order valence-electron chi connectivity index (χ3n) is 3.12. The number of nitrogens with zero attached hydrogens (tertiary/aromatic N) is 1. The number of aromatic nitrogens is 1. The molecule has 2 aromatic rings. The lowest BCUT2D eigenvalue weighted by molar-refractivity contribution is 0.103. The van der Waals surface area contributed by atoms with Crippen LogP contribution in [0.15, 0.2) is 12.1 Å². The Morgan fingerprint density at radius 3 is 2.53 bits per heavy atom. The molecular formula is C14H17N3OS. The van der Waals surface area contributed by atoms with Crippen molar-refractivity contribution < 1.29 is 4.79 Å². The Kier molecular flexibility index (Phi) is 3.57. The summed E-state index contributed by atoms with van der Waals surface area (Å²) in [6.45, 7) is 7.67. The van der Waals surface area contributed by atoms with E-state index in [4.69, 9.17) is 5.73 Å². The Balaban J connectivity index is 2.34. The maximum atomic E-state index is 12.3. The average Bonchev–Trinajstić information content (AvgIpc) is 2.69. The molecule has 19 heavy (non-hydrogen) atoms. The highest BCUT2D eigenvalue weighted by atomic mass is 32.1. The molecule has 0 fully saturated rings. The molecule has 0 unspecified atom stereocenters. The van der Waals surface area contributed by atoms with Gasteiger partial charge in [-0.3, -0.25) is 4.79 Å². The molecule has 4 nitrogen and oxygen atoms in total. The summed E-state index contributed by atoms with van der Waals surface area (Å²) in [7, 11) is 0. The number of rotatable bonds is 2. The summed E-state index contributed by atoms with van der Waals surface area (Å²) in [5, 5.41) is 3.78. The SMILES string of the molecule is Cc1nc(C)c(C(=O)Nc2c(N)ccc(C)c2C)s1. The maximum Gasteiger partial charge on any atom is 0.267 e. The van der Waals surface area contributed by atoms with Crippen LogP contribution in [0.3, 0.4) is 0 Å². The van der Waals surface area contributed by atoms with Gasteiger partial charge in [0.15, 0.2) is 0 Å². The zero-order valence-corrected chi connectivity index (χ0v) is 12.3. The van der Waals surface area contributed by atoms with Gasteiger partial charge < -0.3 is 11.1 Å². The lowest BCUT2D eigenvalue weighted by atomic mass is 10.1. The number of nitrogen functional groups attached to an aromatic ring is 1. The molecule has 1 amide bonds. The lowest BCUT2D eigenvalue weighted by Crippen LogP contribution is -2.14. The fourth-order valence-electron chi connectivity index (χ4n) is 1.91. The monoisotopic (exact) mass is 275 g/mol. The molecule has 3 N–H and O–H groups in total. The van der Waals surface area contributed by atoms with E-state index in [-0.39, 0.29) is 5.91 Å². The second kappa shape index (κ2) is 5.01. The molecule has 0 spiro atoms. The van der Waals surface area contributed by atoms with Crippen LogP contribution >= 0.6 is 11.3 Å². The summed E-state index contributed by atoms with van der Waals surface area (Å²) in [5.74, 6) is -0.150. The Morgan fingerprint density at radius 1 is 1.26 bits per heavy atom. The van der Waals surface area contributed by atoms with Crippen LogP contribution in [-0.2, 0) is 0 Å². The van der Waals surface area contributed by atoms with E-state index >= 15 is 0 Å². The van der Waals surface area contributed by atoms with Crippen LogP contribution in [0.25, 0.3) is 0 Å². The number of hydrogen-bond donors (Lipinski definition) is 2. The molecule has 0 saturated heterocycles. The zero-order chi connectivity index (χ0) is 14.2. The molecule has 5 heteroatoms. The summed E-state index contributed by atoms with van der Waals surface area (Å²) in [6.07, 6.45) is 0. The minimum absolute atomic E-state index is 0.150. The van der Waals surface area contributed by atoms with Gasteiger partial charge in [-0.15, -0.1) is 11.3 Å². The number of amides is 1. The minimum atomic E-state index is -0.150. The minimum Gasteiger partial charge on any atom is -0.397 e. The van der Waals surface area contributed by atoms with Crippen molar-refractivity contribution in [1.29, 1.82) is 0 Å². The van der Waals surface area contributed by atoms with E-state index in [0.29, 0.717) is 16.3 Å². The van der Waals surface area contributed by atoms with Crippen molar-refractivity contribution in [3.8, 4) is 0 Å². The van der Waals surface area contributed by atoms with Gasteiger partial charge in [0.05, 0.1) is 22.1 Å². The second-order valence-electron chi connectivity index (χ2n) is 4.57. The number of benzene rings is 1. The van der Waals surface area contributed by atoms with Gasteiger partial charge in [-0.05, 0) is 44.9 Å². The molecule has 100 valence electrons. The van der Waals surface area contributed by atoms with Gasteiger partial charge in [0.2, 0.25) is 0 Å². The summed E-state index contributed by atoms with van der Waals surface area (Å²) in [6, 6.07) is 3.76. The molecule has 0 aliphatic carbocycles. The summed E-state index contributed by atoms with van der Waals surface area (Å²) >= 11 is 1.39. The first-order chi connectivity index (χ1) is 8.90. The molecular weight excluding hydrogens is 258 g/mol. The summed E-state index contributed by atoms with van der Waals surface area (Å²) in [5.41, 5.74) is 10.0. The molecule has 0 aliphatic rings. The van der Waals surface area contributed by atoms with Crippen LogP contribution in [0.2, 0.25) is 0 Å². The number of nitrogens with two attached hydrogens (primary N) is 1. The van der Waals surface area contributed by atoms with Gasteiger partial charge in [-0.1, -0.05) is 6.07 Å². The highest BCUT2D eigenvalue weighted by Gasteiger charge is 2.16. The smallest absolute Gasteiger partial charge is 0.267 e. The molecule has 0 aliphatic heterocycles. The Morgan fingerprint density at radius 2 is 1.95 bits per heavy atom. The van der Waals surface area contributed by atoms with E-state index in [1.54, 1.807) is 0 Å². The van der Waals surface area contributed by atoms with E-state index in [9.17, 15) is 4.79 Å². The largest absolute Gasteiger partial charge is 0.397 e. The Bertz CT molecular complexity index is 646. The molecule has 1 aromatic carbocycles. The fraction of sp³-hybridized carbons (Fsp3) is 0.286. The fourth-order valence-corrected chi connectivity index (χ4v) is 2.73. The Labute approximate surface area is 116 Å². The van der Waals surface area contributed by atoms with Crippen LogP contribution < -0.4 is 11.1 Å². The average molecular weight is 275 g/mol. The number of hydrogen-bond acceptors (Lipinski definition) is 4. The van der Waals surface area contributed by atoms with E-state index < -0.39 is 0 Å². The van der Waals surface area contributed by atoms with Crippen molar-refractivity contribution in [2.24, 2.45) is 0 Å². The molecule has 0 atom stereocenters. The molecule has 1 aromatic heterocycles. The van der Waals surface area contributed by atoms with Crippen molar-refractivity contribution in [3.63, 3.8) is 0 Å². The lowest BCUT2D eigenvalue weighted by Gasteiger charge is -2.12. The third-order valence-corrected chi connectivity index (χ3v) is 4.19. The first-order valence-corrected chi connectivity index (χ1v) is 6.83. The highest BCUT2D eigenvalue weighted by molar-refractivity contribution is 7.13. The molecule has 0 saturated carbocycles. The quantitative estimate of drug-likeness (QED) is 0.827. The topological polar surface area (TPSA) is 68.0 Å². The number of aryl methyl sites for hydroxylation is 3. The number of carbonyl (C=O) groups excluding carboxylic acids is 1. The zero-order valence-electron chi connectivity index (χ0n) is 11.5. The highest BCUT2D eigenvalue weighted by Crippen LogP contribution is 2.27. The van der Waals surface area contributed by atoms with E-state index in [2.05, 4.69) is 10.3 Å². The van der Waals surface area contributed by atoms with Gasteiger partial charge in [0, 0.05) is 0 Å². The maximum absolute atomic E-state index is 12.3. The van der Waals surface area contributed by atoms with Gasteiger partial charge in [0.1, 0.15) is 4.88 Å². The predicted molar refractivity (Wildman–Crippen MR) is 79.9 cm³/mol. The van der Waals surface area contributed by atoms with Crippen molar-refractivity contribution in [2.45, 2.75) is 27.7 Å². The van der Waals surface area contributed by atoms with Crippen molar-refractivity contribution in [2.75, 3.05) is 11.1 Å². The number of thiazole rings is 1. The molecule has 0 bridgehead atoms. The summed E-state index contributed by atoms with van der Waals surface area (Å²) < 4.78 is 0. The van der Waals surface area contributed by atoms with E-state index in [1.807, 2.05) is 39.8 Å². The van der Waals surface area contributed by atoms with Crippen molar-refractivity contribution in [1.82, 2.24) is 4.98 Å². The predicted octanol–water partition coefficient (Wildman–Crippen LogP) is 3.21. The third kappa shape index (κ3) is 2.61. The van der Waals surface area contributed by atoms with Crippen molar-refractivity contribution >= 4 is 28.6 Å².